The lowest BCUT2D eigenvalue weighted by molar-refractivity contribution is 0.0995. The van der Waals surface area contributed by atoms with E-state index in [4.69, 9.17) is 0 Å². The molecule has 0 aliphatic carbocycles. The standard InChI is InChI=1S/C19H22N4OS/c1-12-17(14-8-5-6-9-15(14)20-12)18(24)13(2)25-19-22-21-16-10-4-3-7-11-23(16)19/h5-6,8-9,13,20H,3-4,7,10-11H2,1-2H3/t13-/m1/s1. The van der Waals surface area contributed by atoms with Crippen molar-refractivity contribution in [3.05, 3.63) is 41.3 Å². The second kappa shape index (κ2) is 6.67. The maximum absolute atomic E-state index is 13.1. The molecule has 0 radical (unpaired) electrons. The van der Waals surface area contributed by atoms with Crippen molar-refractivity contribution in [2.24, 2.45) is 0 Å². The van der Waals surface area contributed by atoms with Crippen LogP contribution in [0.15, 0.2) is 29.4 Å². The first-order chi connectivity index (χ1) is 12.1. The molecule has 1 N–H and O–H groups in total. The highest BCUT2D eigenvalue weighted by atomic mass is 32.2. The SMILES string of the molecule is Cc1[nH]c2ccccc2c1C(=O)[C@@H](C)Sc1nnc2n1CCCCC2. The first kappa shape index (κ1) is 16.4. The molecule has 1 aliphatic rings. The molecule has 25 heavy (non-hydrogen) atoms. The van der Waals surface area contributed by atoms with E-state index in [2.05, 4.69) is 19.7 Å². The minimum absolute atomic E-state index is 0.144. The third kappa shape index (κ3) is 2.99. The number of hydrogen-bond donors (Lipinski definition) is 1. The zero-order chi connectivity index (χ0) is 17.4. The van der Waals surface area contributed by atoms with E-state index in [1.54, 1.807) is 0 Å². The molecule has 130 valence electrons. The molecule has 0 saturated carbocycles. The quantitative estimate of drug-likeness (QED) is 0.564. The zero-order valence-corrected chi connectivity index (χ0v) is 15.4. The average molecular weight is 354 g/mol. The number of benzene rings is 1. The molecule has 3 heterocycles. The summed E-state index contributed by atoms with van der Waals surface area (Å²) in [7, 11) is 0. The summed E-state index contributed by atoms with van der Waals surface area (Å²) in [6.07, 6.45) is 4.54. The highest BCUT2D eigenvalue weighted by molar-refractivity contribution is 8.00. The van der Waals surface area contributed by atoms with Gasteiger partial charge in [-0.25, -0.2) is 0 Å². The number of aromatic nitrogens is 4. The number of H-pyrrole nitrogens is 1. The Kier molecular flexibility index (Phi) is 4.37. The van der Waals surface area contributed by atoms with E-state index in [1.165, 1.54) is 24.6 Å². The van der Waals surface area contributed by atoms with Gasteiger partial charge >= 0.3 is 0 Å². The third-order valence-corrected chi connectivity index (χ3v) is 5.95. The van der Waals surface area contributed by atoms with Crippen LogP contribution in [-0.2, 0) is 13.0 Å². The van der Waals surface area contributed by atoms with Gasteiger partial charge in [0.15, 0.2) is 10.9 Å². The number of fused-ring (bicyclic) bond motifs is 2. The highest BCUT2D eigenvalue weighted by Gasteiger charge is 2.25. The van der Waals surface area contributed by atoms with Gasteiger partial charge in [-0.3, -0.25) is 4.79 Å². The number of aromatic amines is 1. The Morgan fingerprint density at radius 1 is 1.24 bits per heavy atom. The molecule has 0 fully saturated rings. The normalized spacial score (nSPS) is 15.8. The molecule has 0 bridgehead atoms. The van der Waals surface area contributed by atoms with Gasteiger partial charge in [-0.05, 0) is 32.8 Å². The number of rotatable bonds is 4. The Balaban J connectivity index is 1.61. The van der Waals surface area contributed by atoms with Crippen LogP contribution in [0.5, 0.6) is 0 Å². The molecular formula is C19H22N4OS. The highest BCUT2D eigenvalue weighted by Crippen LogP contribution is 2.30. The second-order valence-electron chi connectivity index (χ2n) is 6.66. The van der Waals surface area contributed by atoms with Gasteiger partial charge in [0.05, 0.1) is 5.25 Å². The van der Waals surface area contributed by atoms with Crippen LogP contribution >= 0.6 is 11.8 Å². The van der Waals surface area contributed by atoms with Crippen LogP contribution in [0.1, 0.15) is 48.1 Å². The smallest absolute Gasteiger partial charge is 0.191 e. The van der Waals surface area contributed by atoms with Crippen molar-refractivity contribution in [1.82, 2.24) is 19.7 Å². The van der Waals surface area contributed by atoms with Crippen molar-refractivity contribution in [1.29, 1.82) is 0 Å². The predicted molar refractivity (Wildman–Crippen MR) is 100 cm³/mol. The molecule has 1 aromatic carbocycles. The van der Waals surface area contributed by atoms with E-state index in [-0.39, 0.29) is 11.0 Å². The first-order valence-electron chi connectivity index (χ1n) is 8.85. The monoisotopic (exact) mass is 354 g/mol. The van der Waals surface area contributed by atoms with Gasteiger partial charge in [-0.1, -0.05) is 36.4 Å². The molecule has 1 aliphatic heterocycles. The van der Waals surface area contributed by atoms with Crippen molar-refractivity contribution < 1.29 is 4.79 Å². The topological polar surface area (TPSA) is 63.6 Å². The number of carbonyl (C=O) groups is 1. The second-order valence-corrected chi connectivity index (χ2v) is 7.96. The summed E-state index contributed by atoms with van der Waals surface area (Å²) >= 11 is 1.52. The fourth-order valence-electron chi connectivity index (χ4n) is 3.55. The number of para-hydroxylation sites is 1. The first-order valence-corrected chi connectivity index (χ1v) is 9.73. The molecule has 0 spiro atoms. The third-order valence-electron chi connectivity index (χ3n) is 4.87. The van der Waals surface area contributed by atoms with Crippen LogP contribution in [-0.4, -0.2) is 30.8 Å². The number of thioether (sulfide) groups is 1. The summed E-state index contributed by atoms with van der Waals surface area (Å²) < 4.78 is 2.20. The molecule has 0 amide bonds. The van der Waals surface area contributed by atoms with Gasteiger partial charge in [0, 0.05) is 35.1 Å². The molecule has 4 rings (SSSR count). The number of nitrogens with zero attached hydrogens (tertiary/aromatic N) is 3. The van der Waals surface area contributed by atoms with Gasteiger partial charge in [0.25, 0.3) is 0 Å². The lowest BCUT2D eigenvalue weighted by Gasteiger charge is -2.12. The lowest BCUT2D eigenvalue weighted by Crippen LogP contribution is -2.15. The summed E-state index contributed by atoms with van der Waals surface area (Å²) in [5.74, 6) is 1.20. The van der Waals surface area contributed by atoms with Crippen LogP contribution in [0.25, 0.3) is 10.9 Å². The number of aryl methyl sites for hydroxylation is 2. The maximum Gasteiger partial charge on any atom is 0.191 e. The van der Waals surface area contributed by atoms with Crippen LogP contribution in [0, 0.1) is 6.92 Å². The minimum Gasteiger partial charge on any atom is -0.358 e. The van der Waals surface area contributed by atoms with Gasteiger partial charge in [-0.2, -0.15) is 0 Å². The molecule has 0 unspecified atom stereocenters. The average Bonchev–Trinajstić information content (AvgIpc) is 3.04. The molecular weight excluding hydrogens is 332 g/mol. The predicted octanol–water partition coefficient (Wildman–Crippen LogP) is 4.16. The fraction of sp³-hybridized carbons (Fsp3) is 0.421. The summed E-state index contributed by atoms with van der Waals surface area (Å²) in [6.45, 7) is 4.89. The summed E-state index contributed by atoms with van der Waals surface area (Å²) in [4.78, 5) is 16.4. The largest absolute Gasteiger partial charge is 0.358 e. The van der Waals surface area contributed by atoms with Crippen molar-refractivity contribution >= 4 is 28.4 Å². The van der Waals surface area contributed by atoms with Crippen molar-refractivity contribution in [2.75, 3.05) is 0 Å². The van der Waals surface area contributed by atoms with Crippen LogP contribution in [0.4, 0.5) is 0 Å². The maximum atomic E-state index is 13.1. The number of Topliss-reactive ketones (excluding diaryl/α,β-unsaturated/α-hetero) is 1. The van der Waals surface area contributed by atoms with E-state index in [1.807, 2.05) is 38.1 Å². The van der Waals surface area contributed by atoms with Crippen molar-refractivity contribution in [2.45, 2.75) is 56.5 Å². The molecule has 6 heteroatoms. The Morgan fingerprint density at radius 3 is 2.96 bits per heavy atom. The van der Waals surface area contributed by atoms with E-state index in [0.29, 0.717) is 0 Å². The summed E-state index contributed by atoms with van der Waals surface area (Å²) in [6, 6.07) is 7.97. The van der Waals surface area contributed by atoms with E-state index < -0.39 is 0 Å². The van der Waals surface area contributed by atoms with Crippen LogP contribution in [0.3, 0.4) is 0 Å². The van der Waals surface area contributed by atoms with Crippen LogP contribution in [0.2, 0.25) is 0 Å². The Labute approximate surface area is 151 Å². The van der Waals surface area contributed by atoms with E-state index in [0.717, 1.165) is 52.5 Å². The molecule has 2 aromatic heterocycles. The van der Waals surface area contributed by atoms with Gasteiger partial charge in [-0.15, -0.1) is 10.2 Å². The number of nitrogens with one attached hydrogen (secondary N) is 1. The van der Waals surface area contributed by atoms with Gasteiger partial charge < -0.3 is 9.55 Å². The lowest BCUT2D eigenvalue weighted by atomic mass is 10.1. The molecule has 3 aromatic rings. The number of carbonyl (C=O) groups excluding carboxylic acids is 1. The zero-order valence-electron chi connectivity index (χ0n) is 14.6. The van der Waals surface area contributed by atoms with Crippen LogP contribution < -0.4 is 0 Å². The Bertz CT molecular complexity index is 927. The number of hydrogen-bond acceptors (Lipinski definition) is 4. The van der Waals surface area contributed by atoms with E-state index in [9.17, 15) is 4.79 Å². The molecule has 5 nitrogen and oxygen atoms in total. The summed E-state index contributed by atoms with van der Waals surface area (Å²) in [5, 5.41) is 10.3. The van der Waals surface area contributed by atoms with Gasteiger partial charge in [0.2, 0.25) is 0 Å². The van der Waals surface area contributed by atoms with Crippen molar-refractivity contribution in [3.63, 3.8) is 0 Å². The van der Waals surface area contributed by atoms with Gasteiger partial charge in [0.1, 0.15) is 5.82 Å². The van der Waals surface area contributed by atoms with E-state index >= 15 is 0 Å². The van der Waals surface area contributed by atoms with Crippen molar-refractivity contribution in [3.8, 4) is 0 Å². The molecule has 1 atom stereocenters. The fourth-order valence-corrected chi connectivity index (χ4v) is 4.51. The Morgan fingerprint density at radius 2 is 2.08 bits per heavy atom. The molecule has 0 saturated heterocycles. The minimum atomic E-state index is -0.200. The Hall–Kier alpha value is -2.08. The summed E-state index contributed by atoms with van der Waals surface area (Å²) in [5.41, 5.74) is 2.74. The number of ketones is 1.